The Bertz CT molecular complexity index is 2810. The standard InChI is InChI=1S/C47H29NO/c1-3-12-30(13-4-1)43-28-34(29-44(48-43)31-14-5-2-6-15-31)32-22-24-40-41(26-32)37-17-8-7-16-36(37)39-20-11-19-35(47(39)40)33-23-25-46-42(27-33)38-18-9-10-21-45(38)49-46/h1-29H. The molecule has 0 aliphatic heterocycles. The van der Waals surface area contributed by atoms with E-state index in [4.69, 9.17) is 9.40 Å². The van der Waals surface area contributed by atoms with Crippen molar-refractivity contribution in [1.82, 2.24) is 4.98 Å². The van der Waals surface area contributed by atoms with Crippen molar-refractivity contribution in [3.05, 3.63) is 176 Å². The molecule has 0 fully saturated rings. The quantitative estimate of drug-likeness (QED) is 0.182. The smallest absolute Gasteiger partial charge is 0.135 e. The van der Waals surface area contributed by atoms with E-state index in [1.54, 1.807) is 0 Å². The Morgan fingerprint density at radius 1 is 0.306 bits per heavy atom. The molecule has 2 heteroatoms. The second-order valence-electron chi connectivity index (χ2n) is 12.7. The summed E-state index contributed by atoms with van der Waals surface area (Å²) in [6, 6.07) is 62.7. The Kier molecular flexibility index (Phi) is 6.22. The van der Waals surface area contributed by atoms with Crippen LogP contribution in [0, 0.1) is 0 Å². The van der Waals surface area contributed by atoms with Crippen LogP contribution < -0.4 is 0 Å². The number of aromatic nitrogens is 1. The Morgan fingerprint density at radius 3 is 1.59 bits per heavy atom. The average Bonchev–Trinajstić information content (AvgIpc) is 3.56. The van der Waals surface area contributed by atoms with Gasteiger partial charge in [0.25, 0.3) is 0 Å². The third-order valence-electron chi connectivity index (χ3n) is 9.85. The Balaban J connectivity index is 1.23. The van der Waals surface area contributed by atoms with Gasteiger partial charge in [0.15, 0.2) is 0 Å². The number of pyridine rings is 1. The summed E-state index contributed by atoms with van der Waals surface area (Å²) in [5.74, 6) is 0. The Hall–Kier alpha value is -6.51. The normalized spacial score (nSPS) is 11.7. The minimum Gasteiger partial charge on any atom is -0.456 e. The van der Waals surface area contributed by atoms with Crippen molar-refractivity contribution in [2.24, 2.45) is 0 Å². The third-order valence-corrected chi connectivity index (χ3v) is 9.85. The second kappa shape index (κ2) is 11.0. The van der Waals surface area contributed by atoms with E-state index in [0.717, 1.165) is 55.6 Å². The fourth-order valence-electron chi connectivity index (χ4n) is 7.53. The maximum atomic E-state index is 6.18. The van der Waals surface area contributed by atoms with Crippen molar-refractivity contribution in [2.75, 3.05) is 0 Å². The van der Waals surface area contributed by atoms with Gasteiger partial charge in [-0.3, -0.25) is 0 Å². The van der Waals surface area contributed by atoms with Crippen molar-refractivity contribution in [3.63, 3.8) is 0 Å². The van der Waals surface area contributed by atoms with E-state index in [1.165, 1.54) is 43.4 Å². The fraction of sp³-hybridized carbons (Fsp3) is 0. The van der Waals surface area contributed by atoms with Gasteiger partial charge in [0, 0.05) is 21.9 Å². The zero-order chi connectivity index (χ0) is 32.3. The van der Waals surface area contributed by atoms with E-state index >= 15 is 0 Å². The van der Waals surface area contributed by atoms with E-state index in [2.05, 4.69) is 152 Å². The lowest BCUT2D eigenvalue weighted by Crippen LogP contribution is -1.92. The molecule has 0 radical (unpaired) electrons. The van der Waals surface area contributed by atoms with Gasteiger partial charge in [-0.15, -0.1) is 0 Å². The summed E-state index contributed by atoms with van der Waals surface area (Å²) in [4.78, 5) is 5.13. The van der Waals surface area contributed by atoms with Crippen molar-refractivity contribution < 1.29 is 4.42 Å². The maximum absolute atomic E-state index is 6.18. The molecule has 0 saturated heterocycles. The zero-order valence-electron chi connectivity index (χ0n) is 26.6. The van der Waals surface area contributed by atoms with Gasteiger partial charge in [-0.05, 0) is 91.0 Å². The minimum absolute atomic E-state index is 0.909. The molecule has 0 aliphatic carbocycles. The molecule has 228 valence electrons. The van der Waals surface area contributed by atoms with E-state index in [0.29, 0.717) is 0 Å². The summed E-state index contributed by atoms with van der Waals surface area (Å²) in [5, 5.41) is 9.78. The van der Waals surface area contributed by atoms with Crippen LogP contribution in [-0.4, -0.2) is 4.98 Å². The number of rotatable bonds is 4. The molecule has 0 spiro atoms. The average molecular weight is 624 g/mol. The molecule has 0 bridgehead atoms. The number of para-hydroxylation sites is 1. The molecule has 0 saturated carbocycles. The molecule has 10 rings (SSSR count). The van der Waals surface area contributed by atoms with Crippen molar-refractivity contribution in [1.29, 1.82) is 0 Å². The molecular formula is C47H29NO. The third kappa shape index (κ3) is 4.53. The van der Waals surface area contributed by atoms with Crippen LogP contribution in [-0.2, 0) is 0 Å². The summed E-state index contributed by atoms with van der Waals surface area (Å²) >= 11 is 0. The Labute approximate surface area is 283 Å². The molecule has 49 heavy (non-hydrogen) atoms. The molecule has 8 aromatic carbocycles. The first kappa shape index (κ1) is 27.6. The van der Waals surface area contributed by atoms with E-state index in [-0.39, 0.29) is 0 Å². The van der Waals surface area contributed by atoms with Gasteiger partial charge in [-0.1, -0.05) is 140 Å². The van der Waals surface area contributed by atoms with Gasteiger partial charge in [0.2, 0.25) is 0 Å². The van der Waals surface area contributed by atoms with E-state index in [1.807, 2.05) is 24.3 Å². The Morgan fingerprint density at radius 2 is 0.857 bits per heavy atom. The first-order valence-electron chi connectivity index (χ1n) is 16.7. The molecule has 2 aromatic heterocycles. The predicted molar refractivity (Wildman–Crippen MR) is 206 cm³/mol. The van der Waals surface area contributed by atoms with Gasteiger partial charge in [0.1, 0.15) is 11.2 Å². The molecule has 2 heterocycles. The molecule has 0 atom stereocenters. The van der Waals surface area contributed by atoms with Crippen molar-refractivity contribution in [2.45, 2.75) is 0 Å². The lowest BCUT2D eigenvalue weighted by atomic mass is 9.88. The van der Waals surface area contributed by atoms with E-state index < -0.39 is 0 Å². The molecule has 0 unspecified atom stereocenters. The van der Waals surface area contributed by atoms with Crippen LogP contribution in [0.1, 0.15) is 0 Å². The van der Waals surface area contributed by atoms with Crippen molar-refractivity contribution in [3.8, 4) is 44.8 Å². The van der Waals surface area contributed by atoms with E-state index in [9.17, 15) is 0 Å². The topological polar surface area (TPSA) is 26.0 Å². The van der Waals surface area contributed by atoms with Gasteiger partial charge in [-0.25, -0.2) is 4.98 Å². The van der Waals surface area contributed by atoms with Gasteiger partial charge in [-0.2, -0.15) is 0 Å². The molecule has 10 aromatic rings. The van der Waals surface area contributed by atoms with Crippen LogP contribution in [0.5, 0.6) is 0 Å². The number of furan rings is 1. The second-order valence-corrected chi connectivity index (χ2v) is 12.7. The number of fused-ring (bicyclic) bond motifs is 9. The summed E-state index contributed by atoms with van der Waals surface area (Å²) in [7, 11) is 0. The molecule has 2 nitrogen and oxygen atoms in total. The number of hydrogen-bond donors (Lipinski definition) is 0. The van der Waals surface area contributed by atoms with Crippen LogP contribution in [0.2, 0.25) is 0 Å². The molecule has 0 amide bonds. The highest BCUT2D eigenvalue weighted by Crippen LogP contribution is 2.43. The lowest BCUT2D eigenvalue weighted by Gasteiger charge is -2.16. The first-order chi connectivity index (χ1) is 24.3. The first-order valence-corrected chi connectivity index (χ1v) is 16.7. The van der Waals surface area contributed by atoms with Gasteiger partial charge < -0.3 is 4.42 Å². The van der Waals surface area contributed by atoms with Crippen LogP contribution >= 0.6 is 0 Å². The minimum atomic E-state index is 0.909. The number of hydrogen-bond acceptors (Lipinski definition) is 2. The fourth-order valence-corrected chi connectivity index (χ4v) is 7.53. The van der Waals surface area contributed by atoms with Crippen molar-refractivity contribution >= 4 is 54.3 Å². The summed E-state index contributed by atoms with van der Waals surface area (Å²) in [6.07, 6.45) is 0. The SMILES string of the molecule is c1ccc(-c2cc(-c3ccc4c(c3)c3ccccc3c3cccc(-c5ccc6oc7ccccc7c6c5)c34)cc(-c3ccccc3)n2)cc1. The zero-order valence-corrected chi connectivity index (χ0v) is 26.6. The van der Waals surface area contributed by atoms with Crippen LogP contribution in [0.3, 0.4) is 0 Å². The highest BCUT2D eigenvalue weighted by atomic mass is 16.3. The number of nitrogens with zero attached hydrogens (tertiary/aromatic N) is 1. The molecule has 0 aliphatic rings. The number of benzene rings is 8. The van der Waals surface area contributed by atoms with Gasteiger partial charge >= 0.3 is 0 Å². The van der Waals surface area contributed by atoms with Crippen LogP contribution in [0.15, 0.2) is 180 Å². The predicted octanol–water partition coefficient (Wildman–Crippen LogP) is 13.1. The van der Waals surface area contributed by atoms with Crippen LogP contribution in [0.4, 0.5) is 0 Å². The lowest BCUT2D eigenvalue weighted by molar-refractivity contribution is 0.669. The summed E-state index contributed by atoms with van der Waals surface area (Å²) in [6.45, 7) is 0. The molecule has 0 N–H and O–H groups in total. The maximum Gasteiger partial charge on any atom is 0.135 e. The summed E-state index contributed by atoms with van der Waals surface area (Å²) < 4.78 is 6.18. The highest BCUT2D eigenvalue weighted by molar-refractivity contribution is 6.29. The largest absolute Gasteiger partial charge is 0.456 e. The van der Waals surface area contributed by atoms with Crippen LogP contribution in [0.25, 0.3) is 99.0 Å². The monoisotopic (exact) mass is 623 g/mol. The van der Waals surface area contributed by atoms with Gasteiger partial charge in [0.05, 0.1) is 11.4 Å². The highest BCUT2D eigenvalue weighted by Gasteiger charge is 2.16. The molecular weight excluding hydrogens is 595 g/mol. The summed E-state index contributed by atoms with van der Waals surface area (Å²) in [5.41, 5.74) is 10.7.